The number of benzene rings is 2. The highest BCUT2D eigenvalue weighted by Crippen LogP contribution is 2.47. The van der Waals surface area contributed by atoms with Gasteiger partial charge >= 0.3 is 0 Å². The zero-order chi connectivity index (χ0) is 26.9. The quantitative estimate of drug-likeness (QED) is 0.278. The molecule has 0 bridgehead atoms. The highest BCUT2D eigenvalue weighted by atomic mass is 35.5. The lowest BCUT2D eigenvalue weighted by molar-refractivity contribution is -0.134. The Morgan fingerprint density at radius 2 is 1.79 bits per heavy atom. The number of rotatable bonds is 8. The molecule has 0 aliphatic heterocycles. The summed E-state index contributed by atoms with van der Waals surface area (Å²) in [5.74, 6) is -1.62. The SMILES string of the molecule is C[C@H](NC(=O)C1(C(=O)Nc2ccc(Oc3ccnc(-c4cnn(C)c4)c3)c(F)c2)CC1)c1ccc(F)cc1.Cl. The monoisotopic (exact) mass is 553 g/mol. The minimum atomic E-state index is -1.22. The van der Waals surface area contributed by atoms with Crippen LogP contribution < -0.4 is 15.4 Å². The number of carbonyl (C=O) groups excluding carboxylic acids is 2. The van der Waals surface area contributed by atoms with Crippen LogP contribution in [0, 0.1) is 17.0 Å². The Hall–Kier alpha value is -4.31. The van der Waals surface area contributed by atoms with E-state index in [2.05, 4.69) is 20.7 Å². The molecular weight excluding hydrogens is 528 g/mol. The summed E-state index contributed by atoms with van der Waals surface area (Å²) >= 11 is 0. The lowest BCUT2D eigenvalue weighted by atomic mass is 10.0. The second kappa shape index (κ2) is 11.2. The van der Waals surface area contributed by atoms with E-state index < -0.39 is 29.1 Å². The van der Waals surface area contributed by atoms with Gasteiger partial charge < -0.3 is 15.4 Å². The summed E-state index contributed by atoms with van der Waals surface area (Å²) < 4.78 is 35.4. The summed E-state index contributed by atoms with van der Waals surface area (Å²) in [4.78, 5) is 30.2. The van der Waals surface area contributed by atoms with Crippen molar-refractivity contribution in [2.24, 2.45) is 12.5 Å². The number of aryl methyl sites for hydroxylation is 1. The summed E-state index contributed by atoms with van der Waals surface area (Å²) in [5.41, 5.74) is 1.12. The first-order valence-corrected chi connectivity index (χ1v) is 12.0. The Kier molecular flexibility index (Phi) is 7.96. The second-order valence-corrected chi connectivity index (χ2v) is 9.31. The molecule has 2 aromatic carbocycles. The van der Waals surface area contributed by atoms with Crippen LogP contribution in [0.3, 0.4) is 0 Å². The normalized spacial score (nSPS) is 14.1. The fourth-order valence-electron chi connectivity index (χ4n) is 4.08. The number of halogens is 3. The van der Waals surface area contributed by atoms with E-state index in [0.717, 1.165) is 17.2 Å². The second-order valence-electron chi connectivity index (χ2n) is 9.31. The van der Waals surface area contributed by atoms with Gasteiger partial charge in [-0.05, 0) is 55.7 Å². The van der Waals surface area contributed by atoms with E-state index in [4.69, 9.17) is 4.74 Å². The minimum absolute atomic E-state index is 0. The van der Waals surface area contributed by atoms with Gasteiger partial charge in [-0.2, -0.15) is 5.10 Å². The van der Waals surface area contributed by atoms with E-state index in [1.807, 2.05) is 0 Å². The zero-order valence-corrected chi connectivity index (χ0v) is 22.0. The average molecular weight is 554 g/mol. The number of hydrogen-bond acceptors (Lipinski definition) is 5. The summed E-state index contributed by atoms with van der Waals surface area (Å²) in [7, 11) is 1.80. The summed E-state index contributed by atoms with van der Waals surface area (Å²) in [5, 5.41) is 9.59. The van der Waals surface area contributed by atoms with Crippen LogP contribution in [-0.4, -0.2) is 26.6 Å². The number of amides is 2. The number of nitrogens with zero attached hydrogens (tertiary/aromatic N) is 3. The third-order valence-corrected chi connectivity index (χ3v) is 6.49. The van der Waals surface area contributed by atoms with Crippen molar-refractivity contribution in [1.82, 2.24) is 20.1 Å². The molecule has 39 heavy (non-hydrogen) atoms. The third-order valence-electron chi connectivity index (χ3n) is 6.49. The highest BCUT2D eigenvalue weighted by Gasteiger charge is 2.56. The molecule has 4 aromatic rings. The Morgan fingerprint density at radius 3 is 2.44 bits per heavy atom. The van der Waals surface area contributed by atoms with Crippen molar-refractivity contribution in [3.8, 4) is 22.8 Å². The number of hydrogen-bond donors (Lipinski definition) is 2. The molecule has 202 valence electrons. The molecule has 1 aliphatic carbocycles. The molecule has 0 spiro atoms. The molecule has 1 fully saturated rings. The van der Waals surface area contributed by atoms with Crippen LogP contribution in [0.2, 0.25) is 0 Å². The molecule has 5 rings (SSSR count). The first-order valence-electron chi connectivity index (χ1n) is 12.0. The van der Waals surface area contributed by atoms with Gasteiger partial charge in [-0.1, -0.05) is 12.1 Å². The van der Waals surface area contributed by atoms with Crippen molar-refractivity contribution < 1.29 is 23.1 Å². The predicted octanol–water partition coefficient (Wildman–Crippen LogP) is 5.57. The van der Waals surface area contributed by atoms with Crippen LogP contribution in [0.4, 0.5) is 14.5 Å². The van der Waals surface area contributed by atoms with Crippen molar-refractivity contribution in [3.63, 3.8) is 0 Å². The van der Waals surface area contributed by atoms with Gasteiger partial charge in [-0.15, -0.1) is 12.4 Å². The van der Waals surface area contributed by atoms with Crippen LogP contribution in [0.25, 0.3) is 11.3 Å². The van der Waals surface area contributed by atoms with Crippen LogP contribution in [0.1, 0.15) is 31.4 Å². The van der Waals surface area contributed by atoms with Gasteiger partial charge in [0.1, 0.15) is 17.0 Å². The van der Waals surface area contributed by atoms with Crippen molar-refractivity contribution in [2.75, 3.05) is 5.32 Å². The van der Waals surface area contributed by atoms with Crippen LogP contribution in [0.15, 0.2) is 73.2 Å². The van der Waals surface area contributed by atoms with E-state index in [-0.39, 0.29) is 29.7 Å². The number of ether oxygens (including phenoxy) is 1. The standard InChI is InChI=1S/C28H25F2N5O3.ClH/c1-17(18-3-5-20(29)6-4-18)33-26(36)28(10-11-28)27(37)34-21-7-8-25(23(30)13-21)38-22-9-12-31-24(14-22)19-15-32-35(2)16-19;/h3-9,12-17H,10-11H2,1-2H3,(H,33,36)(H,34,37);1H/t17-;/m0./s1. The number of carbonyl (C=O) groups is 2. The van der Waals surface area contributed by atoms with Crippen LogP contribution in [0.5, 0.6) is 11.5 Å². The summed E-state index contributed by atoms with van der Waals surface area (Å²) in [6, 6.07) is 12.7. The van der Waals surface area contributed by atoms with Gasteiger partial charge in [0.2, 0.25) is 11.8 Å². The molecule has 8 nitrogen and oxygen atoms in total. The molecule has 1 saturated carbocycles. The van der Waals surface area contributed by atoms with Crippen LogP contribution >= 0.6 is 12.4 Å². The van der Waals surface area contributed by atoms with Gasteiger partial charge in [0.05, 0.1) is 17.9 Å². The molecule has 11 heteroatoms. The van der Waals surface area contributed by atoms with Crippen molar-refractivity contribution in [1.29, 1.82) is 0 Å². The van der Waals surface area contributed by atoms with Crippen molar-refractivity contribution in [2.45, 2.75) is 25.8 Å². The van der Waals surface area contributed by atoms with Gasteiger partial charge in [-0.25, -0.2) is 8.78 Å². The van der Waals surface area contributed by atoms with Crippen molar-refractivity contribution >= 4 is 29.9 Å². The maximum atomic E-state index is 14.9. The molecular formula is C28H26ClF2N5O3. The minimum Gasteiger partial charge on any atom is -0.454 e. The number of aromatic nitrogens is 3. The third kappa shape index (κ3) is 6.06. The van der Waals surface area contributed by atoms with E-state index in [1.165, 1.54) is 24.3 Å². The van der Waals surface area contributed by atoms with Gasteiger partial charge in [-0.3, -0.25) is 19.3 Å². The number of nitrogens with one attached hydrogen (secondary N) is 2. The summed E-state index contributed by atoms with van der Waals surface area (Å²) in [6.07, 6.45) is 5.79. The maximum Gasteiger partial charge on any atom is 0.240 e. The van der Waals surface area contributed by atoms with E-state index >= 15 is 0 Å². The van der Waals surface area contributed by atoms with Gasteiger partial charge in [0.25, 0.3) is 0 Å². The molecule has 0 unspecified atom stereocenters. The first kappa shape index (κ1) is 27.7. The molecule has 2 aromatic heterocycles. The van der Waals surface area contributed by atoms with E-state index in [9.17, 15) is 18.4 Å². The molecule has 1 atom stereocenters. The van der Waals surface area contributed by atoms with E-state index in [1.54, 1.807) is 61.5 Å². The molecule has 2 heterocycles. The predicted molar refractivity (Wildman–Crippen MR) is 143 cm³/mol. The maximum absolute atomic E-state index is 14.9. The molecule has 2 amide bonds. The molecule has 0 saturated heterocycles. The largest absolute Gasteiger partial charge is 0.454 e. The van der Waals surface area contributed by atoms with Gasteiger partial charge in [0.15, 0.2) is 11.6 Å². The van der Waals surface area contributed by atoms with E-state index in [0.29, 0.717) is 24.3 Å². The Balaban J connectivity index is 0.00000353. The smallest absolute Gasteiger partial charge is 0.240 e. The Labute approximate surface area is 229 Å². The number of pyridine rings is 1. The zero-order valence-electron chi connectivity index (χ0n) is 21.2. The highest BCUT2D eigenvalue weighted by molar-refractivity contribution is 6.13. The molecule has 0 radical (unpaired) electrons. The fraction of sp³-hybridized carbons (Fsp3) is 0.214. The topological polar surface area (TPSA) is 98.1 Å². The lowest BCUT2D eigenvalue weighted by Gasteiger charge is -2.20. The average Bonchev–Trinajstić information content (AvgIpc) is 3.61. The molecule has 1 aliphatic rings. The molecule has 2 N–H and O–H groups in total. The summed E-state index contributed by atoms with van der Waals surface area (Å²) in [6.45, 7) is 1.76. The lowest BCUT2D eigenvalue weighted by Crippen LogP contribution is -2.41. The fourth-order valence-corrected chi connectivity index (χ4v) is 4.08. The van der Waals surface area contributed by atoms with Crippen molar-refractivity contribution in [3.05, 3.63) is 90.4 Å². The number of anilines is 1. The Morgan fingerprint density at radius 1 is 1.05 bits per heavy atom. The first-order chi connectivity index (χ1) is 18.2. The van der Waals surface area contributed by atoms with Crippen LogP contribution in [-0.2, 0) is 16.6 Å². The van der Waals surface area contributed by atoms with Gasteiger partial charge in [0, 0.05) is 42.8 Å². The Bertz CT molecular complexity index is 1510.